The Kier molecular flexibility index (Phi) is 92.6. The maximum Gasteiger partial charge on any atom is 1.00 e. The van der Waals surface area contributed by atoms with Crippen molar-refractivity contribution in [3.63, 3.8) is 0 Å². The predicted octanol–water partition coefficient (Wildman–Crippen LogP) is -27.8. The fraction of sp³-hybridized carbons (Fsp3) is 0. The van der Waals surface area contributed by atoms with Crippen LogP contribution in [0.15, 0.2) is 0 Å². The molecule has 0 amide bonds. The molecule has 0 unspecified atom stereocenters. The molecule has 0 atom stereocenters. The minimum Gasteiger partial charge on any atom is 1.00 e. The van der Waals surface area contributed by atoms with Crippen molar-refractivity contribution in [2.45, 2.75) is 0 Å². The summed E-state index contributed by atoms with van der Waals surface area (Å²) in [4.78, 5) is 62.9. The Morgan fingerprint density at radius 3 is 0.591 bits per heavy atom. The monoisotopic (exact) mass is 470 g/mol. The van der Waals surface area contributed by atoms with Gasteiger partial charge in [0.1, 0.15) is 0 Å². The van der Waals surface area contributed by atoms with Gasteiger partial charge in [0.15, 0.2) is 0 Å². The Bertz CT molecular complexity index is 279. The van der Waals surface area contributed by atoms with Gasteiger partial charge in [0, 0.05) is 0 Å². The molecule has 22 heteroatoms. The molecule has 0 heterocycles. The van der Waals surface area contributed by atoms with Crippen LogP contribution in [0.2, 0.25) is 0 Å². The van der Waals surface area contributed by atoms with Gasteiger partial charge in [-0.3, -0.25) is 0 Å². The first-order valence-electron chi connectivity index (χ1n) is 2.19. The van der Waals surface area contributed by atoms with Crippen molar-refractivity contribution in [3.05, 3.63) is 0 Å². The van der Waals surface area contributed by atoms with Gasteiger partial charge in [-0.15, -0.1) is 0 Å². The molecule has 0 spiro atoms. The minimum absolute atomic E-state index is 0. The average Bonchev–Trinajstić information content (AvgIpc) is 1.42. The molecule has 0 fully saturated rings. The van der Waals surface area contributed by atoms with E-state index in [0.717, 1.165) is 0 Å². The molecule has 0 rings (SSSR count). The molecular formula is HKNa7O11P3. The van der Waals surface area contributed by atoms with Gasteiger partial charge in [-0.05, 0) is 0 Å². The molecule has 0 aromatic carbocycles. The summed E-state index contributed by atoms with van der Waals surface area (Å²) in [5.41, 5.74) is 0. The van der Waals surface area contributed by atoms with Crippen molar-refractivity contribution in [3.8, 4) is 0 Å². The van der Waals surface area contributed by atoms with Crippen LogP contribution in [-0.4, -0.2) is 51.4 Å². The first kappa shape index (κ1) is 63.3. The van der Waals surface area contributed by atoms with Crippen LogP contribution < -0.4 is 241 Å². The van der Waals surface area contributed by atoms with Crippen LogP contribution in [0.4, 0.5) is 0 Å². The normalized spacial score (nSPS) is 8.32. The largest absolute Gasteiger partial charge is 1.00 e. The average molecular weight is 470 g/mol. The van der Waals surface area contributed by atoms with E-state index in [-0.39, 0.29) is 258 Å². The second kappa shape index (κ2) is 32.2. The summed E-state index contributed by atoms with van der Waals surface area (Å²) in [5, 5.41) is 0. The smallest absolute Gasteiger partial charge is 1.00 e. The zero-order valence-electron chi connectivity index (χ0n) is 12.8. The first-order valence-corrected chi connectivity index (χ1v) is 6.57. The Hall–Kier alpha value is 9.01. The topological polar surface area (TPSA) is 222 Å². The van der Waals surface area contributed by atoms with Crippen LogP contribution in [0.1, 0.15) is 0 Å². The quantitative estimate of drug-likeness (QED) is 0.272. The van der Waals surface area contributed by atoms with Crippen molar-refractivity contribution in [1.82, 2.24) is 0 Å². The van der Waals surface area contributed by atoms with Crippen molar-refractivity contribution < 1.29 is 259 Å². The van der Waals surface area contributed by atoms with Crippen molar-refractivity contribution in [2.24, 2.45) is 0 Å². The van der Waals surface area contributed by atoms with E-state index in [1.807, 2.05) is 0 Å². The van der Waals surface area contributed by atoms with E-state index in [1.54, 1.807) is 0 Å². The summed E-state index contributed by atoms with van der Waals surface area (Å²) in [6.45, 7) is 0. The molecular weight excluding hydrogens is 469 g/mol. The molecule has 0 saturated heterocycles. The van der Waals surface area contributed by atoms with Crippen LogP contribution in [-0.2, 0) is 18.0 Å². The molecule has 22 heavy (non-hydrogen) atoms. The molecule has 0 aromatic heterocycles. The summed E-state index contributed by atoms with van der Waals surface area (Å²) in [6, 6.07) is 0. The summed E-state index contributed by atoms with van der Waals surface area (Å²) < 4.78 is 29.7. The molecule has 11 nitrogen and oxygen atoms in total. The molecule has 90 valence electrons. The third-order valence-corrected chi connectivity index (χ3v) is 1.80. The molecule has 0 saturated carbocycles. The van der Waals surface area contributed by atoms with Gasteiger partial charge in [0.05, 0.1) is 15.6 Å². The van der Waals surface area contributed by atoms with E-state index in [9.17, 15) is 28.7 Å². The van der Waals surface area contributed by atoms with E-state index >= 15 is 0 Å². The third kappa shape index (κ3) is 101. The summed E-state index contributed by atoms with van der Waals surface area (Å²) in [7, 11) is -16.7. The molecule has 0 N–H and O–H groups in total. The molecule has 0 aliphatic heterocycles. The maximum absolute atomic E-state index is 9.32. The van der Waals surface area contributed by atoms with E-state index < -0.39 is 23.5 Å². The molecule has 0 radical (unpaired) electrons. The van der Waals surface area contributed by atoms with Crippen molar-refractivity contribution in [1.29, 1.82) is 0 Å². The van der Waals surface area contributed by atoms with Gasteiger partial charge in [-0.2, -0.15) is 7.82 Å². The van der Waals surface area contributed by atoms with Crippen LogP contribution in [0.5, 0.6) is 0 Å². The van der Waals surface area contributed by atoms with Crippen LogP contribution in [0.25, 0.3) is 0 Å². The Morgan fingerprint density at radius 1 is 0.500 bits per heavy atom. The number of hydrogen-bond donors (Lipinski definition) is 0. The maximum atomic E-state index is 9.32. The van der Waals surface area contributed by atoms with Gasteiger partial charge in [0.25, 0.3) is 0 Å². The van der Waals surface area contributed by atoms with Crippen molar-refractivity contribution in [2.75, 3.05) is 0 Å². The van der Waals surface area contributed by atoms with E-state index in [1.165, 1.54) is 0 Å². The van der Waals surface area contributed by atoms with Gasteiger partial charge < -0.3 is 52.3 Å². The number of rotatable bonds is 2. The Labute approximate surface area is 325 Å². The summed E-state index contributed by atoms with van der Waals surface area (Å²) in [6.07, 6.45) is 0. The fourth-order valence-electron chi connectivity index (χ4n) is 0.122. The molecule has 0 aliphatic rings. The molecule has 0 aliphatic carbocycles. The van der Waals surface area contributed by atoms with Crippen molar-refractivity contribution >= 4 is 74.9 Å². The first-order chi connectivity index (χ1) is 5.71. The Morgan fingerprint density at radius 2 is 0.591 bits per heavy atom. The van der Waals surface area contributed by atoms with Gasteiger partial charge in [-0.25, -0.2) is 0 Å². The molecule has 0 aromatic rings. The van der Waals surface area contributed by atoms with E-state index in [4.69, 9.17) is 19.2 Å². The zero-order chi connectivity index (χ0) is 12.2. The van der Waals surface area contributed by atoms with Crippen LogP contribution in [0, 0.1) is 0 Å². The summed E-state index contributed by atoms with van der Waals surface area (Å²) in [5.74, 6) is 0. The van der Waals surface area contributed by atoms with Gasteiger partial charge in [0.2, 0.25) is 0 Å². The third-order valence-electron chi connectivity index (χ3n) is 0.200. The SMILES string of the molecule is O=P([O-])([O-])OP(=O)([O-])[O-].O=P([O-])([O-])[O-].[KH].[Na+].[Na+].[Na+].[Na+].[Na+].[Na+].[Na+]. The number of hydrogen-bond acceptors (Lipinski definition) is 11. The fourth-order valence-corrected chi connectivity index (χ4v) is 1.10. The second-order valence-electron chi connectivity index (χ2n) is 1.42. The van der Waals surface area contributed by atoms with Gasteiger partial charge in [-0.1, -0.05) is 0 Å². The van der Waals surface area contributed by atoms with E-state index in [2.05, 4.69) is 4.31 Å². The standard InChI is InChI=1S/K.7Na.H4O7P2.H3O4P.H/c;;;;;;;;1-8(2,3)7-9(4,5)6;1-5(2,3)4;/h;;;;;;;;(H2,1,2,3)(H2,4,5,6);(H3,1,2,3,4);/q;7*+1;;;/p-7. The summed E-state index contributed by atoms with van der Waals surface area (Å²) >= 11 is 0. The minimum atomic E-state index is -5.68. The molecule has 0 bridgehead atoms. The second-order valence-corrected chi connectivity index (χ2v) is 4.76. The number of phosphoric acid groups is 3. The van der Waals surface area contributed by atoms with E-state index in [0.29, 0.717) is 0 Å². The van der Waals surface area contributed by atoms with Crippen LogP contribution >= 0.6 is 23.5 Å². The van der Waals surface area contributed by atoms with Gasteiger partial charge >= 0.3 is 258 Å². The van der Waals surface area contributed by atoms with Crippen LogP contribution in [0.3, 0.4) is 0 Å². The zero-order valence-corrected chi connectivity index (χ0v) is 29.5. The predicted molar refractivity (Wildman–Crippen MR) is 31.1 cm³/mol. The Balaban J connectivity index is -0.0000000128.